The number of nitro benzene ring substituents is 1. The lowest BCUT2D eigenvalue weighted by Gasteiger charge is -2.27. The predicted molar refractivity (Wildman–Crippen MR) is 105 cm³/mol. The van der Waals surface area contributed by atoms with E-state index < -0.39 is 28.9 Å². The number of nitrogens with one attached hydrogen (secondary N) is 1. The standard InChI is InChI=1S/C19H20F2N4O5/c1-29-15-9-13(14(25(27)28)10-16(15)30-19(20)21)18(26)23-12-5-6-17(22-11-12)24-7-3-2-4-8-24/h5-6,9-11,19H,2-4,7-8H2,1H3,(H,23,26). The average molecular weight is 422 g/mol. The van der Waals surface area contributed by atoms with Crippen LogP contribution < -0.4 is 19.7 Å². The lowest BCUT2D eigenvalue weighted by Crippen LogP contribution is -2.30. The summed E-state index contributed by atoms with van der Waals surface area (Å²) in [5.74, 6) is -0.794. The zero-order valence-corrected chi connectivity index (χ0v) is 16.1. The fourth-order valence-corrected chi connectivity index (χ4v) is 3.20. The lowest BCUT2D eigenvalue weighted by atomic mass is 10.1. The van der Waals surface area contributed by atoms with Crippen molar-refractivity contribution in [2.24, 2.45) is 0 Å². The van der Waals surface area contributed by atoms with Crippen molar-refractivity contribution >= 4 is 23.1 Å². The van der Waals surface area contributed by atoms with E-state index in [2.05, 4.69) is 19.9 Å². The Bertz CT molecular complexity index is 918. The minimum Gasteiger partial charge on any atom is -0.493 e. The van der Waals surface area contributed by atoms with Crippen molar-refractivity contribution in [3.8, 4) is 11.5 Å². The zero-order chi connectivity index (χ0) is 21.7. The van der Waals surface area contributed by atoms with Gasteiger partial charge in [-0.3, -0.25) is 14.9 Å². The van der Waals surface area contributed by atoms with Crippen LogP contribution in [-0.4, -0.2) is 42.6 Å². The second-order valence-corrected chi connectivity index (χ2v) is 6.56. The molecule has 1 aliphatic rings. The molecule has 0 atom stereocenters. The molecule has 30 heavy (non-hydrogen) atoms. The Labute approximate surface area is 170 Å². The van der Waals surface area contributed by atoms with E-state index in [0.29, 0.717) is 5.69 Å². The molecule has 1 saturated heterocycles. The SMILES string of the molecule is COc1cc(C(=O)Nc2ccc(N3CCCCC3)nc2)c([N+](=O)[O-])cc1OC(F)F. The third-order valence-electron chi connectivity index (χ3n) is 4.63. The van der Waals surface area contributed by atoms with Crippen molar-refractivity contribution in [1.29, 1.82) is 0 Å². The van der Waals surface area contributed by atoms with Crippen LogP contribution in [0.4, 0.5) is 26.0 Å². The number of nitrogens with zero attached hydrogens (tertiary/aromatic N) is 3. The van der Waals surface area contributed by atoms with E-state index in [1.165, 1.54) is 19.7 Å². The maximum Gasteiger partial charge on any atom is 0.387 e. The third kappa shape index (κ3) is 4.91. The van der Waals surface area contributed by atoms with Crippen molar-refractivity contribution < 1.29 is 28.0 Å². The van der Waals surface area contributed by atoms with E-state index in [0.717, 1.165) is 43.9 Å². The first-order valence-electron chi connectivity index (χ1n) is 9.22. The molecule has 0 saturated carbocycles. The zero-order valence-electron chi connectivity index (χ0n) is 16.1. The monoisotopic (exact) mass is 422 g/mol. The number of amides is 1. The highest BCUT2D eigenvalue weighted by molar-refractivity contribution is 6.07. The number of rotatable bonds is 7. The van der Waals surface area contributed by atoms with Gasteiger partial charge in [-0.1, -0.05) is 0 Å². The van der Waals surface area contributed by atoms with Crippen molar-refractivity contribution in [3.63, 3.8) is 0 Å². The van der Waals surface area contributed by atoms with Gasteiger partial charge < -0.3 is 19.7 Å². The summed E-state index contributed by atoms with van der Waals surface area (Å²) in [6.07, 6.45) is 4.83. The summed E-state index contributed by atoms with van der Waals surface area (Å²) in [4.78, 5) is 29.6. The third-order valence-corrected chi connectivity index (χ3v) is 4.63. The van der Waals surface area contributed by atoms with Crippen LogP contribution >= 0.6 is 0 Å². The van der Waals surface area contributed by atoms with Crippen LogP contribution in [0.2, 0.25) is 0 Å². The van der Waals surface area contributed by atoms with Gasteiger partial charge in [0, 0.05) is 19.2 Å². The molecule has 1 fully saturated rings. The molecule has 1 aromatic carbocycles. The summed E-state index contributed by atoms with van der Waals surface area (Å²) in [5, 5.41) is 13.9. The fraction of sp³-hybridized carbons (Fsp3) is 0.368. The Kier molecular flexibility index (Phi) is 6.60. The summed E-state index contributed by atoms with van der Waals surface area (Å²) >= 11 is 0. The van der Waals surface area contributed by atoms with Gasteiger partial charge in [0.15, 0.2) is 11.5 Å². The van der Waals surface area contributed by atoms with Gasteiger partial charge in [-0.25, -0.2) is 4.98 Å². The number of methoxy groups -OCH3 is 1. The number of benzene rings is 1. The first-order chi connectivity index (χ1) is 14.4. The fourth-order valence-electron chi connectivity index (χ4n) is 3.20. The number of hydrogen-bond donors (Lipinski definition) is 1. The quantitative estimate of drug-likeness (QED) is 0.534. The summed E-state index contributed by atoms with van der Waals surface area (Å²) in [6.45, 7) is -1.38. The van der Waals surface area contributed by atoms with Gasteiger partial charge in [0.2, 0.25) is 0 Å². The van der Waals surface area contributed by atoms with Crippen LogP contribution in [0, 0.1) is 10.1 Å². The van der Waals surface area contributed by atoms with Crippen molar-refractivity contribution in [2.75, 3.05) is 30.4 Å². The van der Waals surface area contributed by atoms with Gasteiger partial charge in [0.05, 0.1) is 30.0 Å². The number of hydrogen-bond acceptors (Lipinski definition) is 7. The van der Waals surface area contributed by atoms with Gasteiger partial charge in [0.25, 0.3) is 11.6 Å². The molecule has 3 rings (SSSR count). The number of pyridine rings is 1. The highest BCUT2D eigenvalue weighted by atomic mass is 19.3. The minimum atomic E-state index is -3.21. The van der Waals surface area contributed by atoms with Gasteiger partial charge in [-0.2, -0.15) is 8.78 Å². The predicted octanol–water partition coefficient (Wildman–Crippen LogP) is 3.84. The Hall–Kier alpha value is -3.50. The van der Waals surface area contributed by atoms with E-state index in [1.54, 1.807) is 12.1 Å². The van der Waals surface area contributed by atoms with Gasteiger partial charge in [-0.15, -0.1) is 0 Å². The van der Waals surface area contributed by atoms with Crippen LogP contribution in [0.25, 0.3) is 0 Å². The molecule has 2 aromatic rings. The van der Waals surface area contributed by atoms with Crippen molar-refractivity contribution in [1.82, 2.24) is 4.98 Å². The summed E-state index contributed by atoms with van der Waals surface area (Å²) < 4.78 is 34.3. The molecule has 0 unspecified atom stereocenters. The number of anilines is 2. The molecule has 0 spiro atoms. The maximum absolute atomic E-state index is 12.6. The van der Waals surface area contributed by atoms with E-state index in [1.807, 2.05) is 0 Å². The van der Waals surface area contributed by atoms with Gasteiger partial charge in [-0.05, 0) is 31.4 Å². The highest BCUT2D eigenvalue weighted by Gasteiger charge is 2.26. The molecule has 160 valence electrons. The second kappa shape index (κ2) is 9.33. The number of piperidine rings is 1. The molecule has 1 N–H and O–H groups in total. The van der Waals surface area contributed by atoms with Gasteiger partial charge >= 0.3 is 6.61 Å². The first kappa shape index (κ1) is 21.2. The number of carbonyl (C=O) groups is 1. The van der Waals surface area contributed by atoms with Crippen molar-refractivity contribution in [2.45, 2.75) is 25.9 Å². The number of ether oxygens (including phenoxy) is 2. The molecule has 1 aliphatic heterocycles. The molecular weight excluding hydrogens is 402 g/mol. The topological polar surface area (TPSA) is 107 Å². The molecule has 1 aromatic heterocycles. The normalized spacial score (nSPS) is 13.8. The number of halogens is 2. The molecule has 2 heterocycles. The largest absolute Gasteiger partial charge is 0.493 e. The van der Waals surface area contributed by atoms with E-state index in [-0.39, 0.29) is 11.3 Å². The first-order valence-corrected chi connectivity index (χ1v) is 9.22. The Balaban J connectivity index is 1.82. The Morgan fingerprint density at radius 1 is 1.23 bits per heavy atom. The lowest BCUT2D eigenvalue weighted by molar-refractivity contribution is -0.385. The molecule has 9 nitrogen and oxygen atoms in total. The number of carbonyl (C=O) groups excluding carboxylic acids is 1. The van der Waals surface area contributed by atoms with Crippen LogP contribution in [0.15, 0.2) is 30.5 Å². The highest BCUT2D eigenvalue weighted by Crippen LogP contribution is 2.36. The van der Waals surface area contributed by atoms with Crippen LogP contribution in [0.5, 0.6) is 11.5 Å². The van der Waals surface area contributed by atoms with E-state index >= 15 is 0 Å². The van der Waals surface area contributed by atoms with Crippen LogP contribution in [0.3, 0.4) is 0 Å². The molecule has 0 radical (unpaired) electrons. The maximum atomic E-state index is 12.6. The van der Waals surface area contributed by atoms with Crippen LogP contribution in [0.1, 0.15) is 29.6 Å². The van der Waals surface area contributed by atoms with Crippen LogP contribution in [-0.2, 0) is 0 Å². The molecule has 11 heteroatoms. The molecule has 0 bridgehead atoms. The second-order valence-electron chi connectivity index (χ2n) is 6.56. The minimum absolute atomic E-state index is 0.232. The van der Waals surface area contributed by atoms with E-state index in [4.69, 9.17) is 4.74 Å². The smallest absolute Gasteiger partial charge is 0.387 e. The van der Waals surface area contributed by atoms with Gasteiger partial charge in [0.1, 0.15) is 11.4 Å². The Morgan fingerprint density at radius 3 is 2.53 bits per heavy atom. The summed E-state index contributed by atoms with van der Waals surface area (Å²) in [7, 11) is 1.17. The number of alkyl halides is 2. The average Bonchev–Trinajstić information content (AvgIpc) is 2.74. The molecule has 1 amide bonds. The molecule has 0 aliphatic carbocycles. The molecular formula is C19H20F2N4O5. The number of nitro groups is 1. The van der Waals surface area contributed by atoms with Crippen molar-refractivity contribution in [3.05, 3.63) is 46.1 Å². The van der Waals surface area contributed by atoms with E-state index in [9.17, 15) is 23.7 Å². The summed E-state index contributed by atoms with van der Waals surface area (Å²) in [6, 6.07) is 5.13. The number of aromatic nitrogens is 1. The summed E-state index contributed by atoms with van der Waals surface area (Å²) in [5.41, 5.74) is -0.720. The Morgan fingerprint density at radius 2 is 1.97 bits per heavy atom.